The van der Waals surface area contributed by atoms with Gasteiger partial charge in [0.05, 0.1) is 5.56 Å². The van der Waals surface area contributed by atoms with E-state index in [2.05, 4.69) is 10.1 Å². The number of aromatic nitrogens is 1. The zero-order valence-electron chi connectivity index (χ0n) is 11.1. The van der Waals surface area contributed by atoms with Gasteiger partial charge in [0, 0.05) is 11.8 Å². The molecule has 5 nitrogen and oxygen atoms in total. The molecule has 3 N–H and O–H groups in total. The summed E-state index contributed by atoms with van der Waals surface area (Å²) in [6.45, 7) is 3.44. The molecule has 0 saturated carbocycles. The molecule has 0 bridgehead atoms. The first kappa shape index (κ1) is 13.8. The molecule has 0 amide bonds. The Morgan fingerprint density at radius 3 is 2.70 bits per heavy atom. The fraction of sp³-hybridized carbons (Fsp3) is 0.143. The molecule has 0 unspecified atom stereocenters. The largest absolute Gasteiger partial charge is 0.438 e. The maximum Gasteiger partial charge on any atom is 0.230 e. The number of aryl methyl sites for hydroxylation is 2. The number of hydrogen-bond donors (Lipinski definition) is 2. The first-order valence-corrected chi connectivity index (χ1v) is 5.91. The van der Waals surface area contributed by atoms with Crippen molar-refractivity contribution in [1.82, 2.24) is 4.98 Å². The van der Waals surface area contributed by atoms with Crippen LogP contribution in [0.5, 0.6) is 11.6 Å². The minimum Gasteiger partial charge on any atom is -0.438 e. The highest BCUT2D eigenvalue weighted by Gasteiger charge is 2.12. The minimum absolute atomic E-state index is 0.125. The molecule has 0 saturated heterocycles. The fourth-order valence-electron chi connectivity index (χ4n) is 1.61. The van der Waals surface area contributed by atoms with Crippen molar-refractivity contribution < 1.29 is 14.3 Å². The molecule has 0 aliphatic carbocycles. The zero-order valence-corrected chi connectivity index (χ0v) is 11.1. The molecule has 0 fully saturated rings. The highest BCUT2D eigenvalue weighted by atomic mass is 19.1. The standard InChI is InChI=1S/C14H14FN3O2/c1-8-3-5-10(7-12(8)15)20-14-11(13(16)18-19)6-4-9(2)17-14/h3-7,19H,1-2H3,(H2,16,18). The molecular weight excluding hydrogens is 261 g/mol. The maximum atomic E-state index is 13.5. The quantitative estimate of drug-likeness (QED) is 0.390. The molecule has 1 aromatic carbocycles. The number of rotatable bonds is 3. The number of halogens is 1. The van der Waals surface area contributed by atoms with E-state index in [0.717, 1.165) is 0 Å². The van der Waals surface area contributed by atoms with E-state index in [1.165, 1.54) is 6.07 Å². The summed E-state index contributed by atoms with van der Waals surface area (Å²) in [5.41, 5.74) is 7.11. The van der Waals surface area contributed by atoms with Crippen molar-refractivity contribution in [1.29, 1.82) is 0 Å². The lowest BCUT2D eigenvalue weighted by Crippen LogP contribution is -2.15. The van der Waals surface area contributed by atoms with E-state index in [0.29, 0.717) is 16.8 Å². The topological polar surface area (TPSA) is 80.7 Å². The number of amidine groups is 1. The van der Waals surface area contributed by atoms with E-state index in [4.69, 9.17) is 15.7 Å². The Labute approximate surface area is 115 Å². The van der Waals surface area contributed by atoms with Gasteiger partial charge in [-0.15, -0.1) is 0 Å². The van der Waals surface area contributed by atoms with E-state index < -0.39 is 0 Å². The van der Waals surface area contributed by atoms with Crippen LogP contribution in [0, 0.1) is 19.7 Å². The van der Waals surface area contributed by atoms with Crippen LogP contribution in [0.4, 0.5) is 4.39 Å². The smallest absolute Gasteiger partial charge is 0.230 e. The summed E-state index contributed by atoms with van der Waals surface area (Å²) >= 11 is 0. The van der Waals surface area contributed by atoms with Gasteiger partial charge in [-0.05, 0) is 37.6 Å². The molecule has 0 aliphatic heterocycles. The third-order valence-electron chi connectivity index (χ3n) is 2.74. The second-order valence-electron chi connectivity index (χ2n) is 4.30. The van der Waals surface area contributed by atoms with Gasteiger partial charge in [0.15, 0.2) is 5.84 Å². The van der Waals surface area contributed by atoms with Crippen molar-refractivity contribution in [2.45, 2.75) is 13.8 Å². The Morgan fingerprint density at radius 2 is 2.05 bits per heavy atom. The van der Waals surface area contributed by atoms with Crippen molar-refractivity contribution in [2.75, 3.05) is 0 Å². The first-order valence-electron chi connectivity index (χ1n) is 5.91. The molecule has 0 spiro atoms. The number of nitrogens with zero attached hydrogens (tertiary/aromatic N) is 2. The predicted molar refractivity (Wildman–Crippen MR) is 72.7 cm³/mol. The fourth-order valence-corrected chi connectivity index (χ4v) is 1.61. The number of oxime groups is 1. The lowest BCUT2D eigenvalue weighted by Gasteiger charge is -2.10. The van der Waals surface area contributed by atoms with Crippen molar-refractivity contribution >= 4 is 5.84 Å². The van der Waals surface area contributed by atoms with Crippen LogP contribution in [-0.4, -0.2) is 16.0 Å². The summed E-state index contributed by atoms with van der Waals surface area (Å²) in [6.07, 6.45) is 0. The van der Waals surface area contributed by atoms with Crippen LogP contribution in [0.25, 0.3) is 0 Å². The van der Waals surface area contributed by atoms with Crippen LogP contribution in [-0.2, 0) is 0 Å². The van der Waals surface area contributed by atoms with E-state index >= 15 is 0 Å². The molecule has 2 rings (SSSR count). The normalized spacial score (nSPS) is 11.4. The number of nitrogens with two attached hydrogens (primary N) is 1. The Bertz CT molecular complexity index is 671. The van der Waals surface area contributed by atoms with Crippen molar-refractivity contribution in [3.05, 3.63) is 53.0 Å². The van der Waals surface area contributed by atoms with E-state index in [9.17, 15) is 4.39 Å². The van der Waals surface area contributed by atoms with Gasteiger partial charge in [-0.3, -0.25) is 0 Å². The van der Waals surface area contributed by atoms with Gasteiger partial charge in [0.2, 0.25) is 5.88 Å². The maximum absolute atomic E-state index is 13.5. The summed E-state index contributed by atoms with van der Waals surface area (Å²) in [5, 5.41) is 11.7. The van der Waals surface area contributed by atoms with Gasteiger partial charge in [0.25, 0.3) is 0 Å². The lowest BCUT2D eigenvalue weighted by atomic mass is 10.2. The second-order valence-corrected chi connectivity index (χ2v) is 4.30. The van der Waals surface area contributed by atoms with Crippen LogP contribution in [0.1, 0.15) is 16.8 Å². The lowest BCUT2D eigenvalue weighted by molar-refractivity contribution is 0.318. The third-order valence-corrected chi connectivity index (χ3v) is 2.74. The van der Waals surface area contributed by atoms with Crippen LogP contribution in [0.15, 0.2) is 35.5 Å². The summed E-state index contributed by atoms with van der Waals surface area (Å²) < 4.78 is 19.0. The highest BCUT2D eigenvalue weighted by molar-refractivity contribution is 5.99. The average Bonchev–Trinajstić information content (AvgIpc) is 2.42. The first-order chi connectivity index (χ1) is 9.51. The van der Waals surface area contributed by atoms with E-state index in [-0.39, 0.29) is 23.3 Å². The minimum atomic E-state index is -0.375. The molecule has 1 aromatic heterocycles. The predicted octanol–water partition coefficient (Wildman–Crippen LogP) is 2.72. The molecule has 1 heterocycles. The number of hydrogen-bond acceptors (Lipinski definition) is 4. The van der Waals surface area contributed by atoms with Gasteiger partial charge >= 0.3 is 0 Å². The van der Waals surface area contributed by atoms with Gasteiger partial charge in [0.1, 0.15) is 11.6 Å². The molecule has 0 atom stereocenters. The van der Waals surface area contributed by atoms with Crippen LogP contribution < -0.4 is 10.5 Å². The number of ether oxygens (including phenoxy) is 1. The van der Waals surface area contributed by atoms with Gasteiger partial charge in [-0.2, -0.15) is 0 Å². The third kappa shape index (κ3) is 2.85. The molecule has 6 heteroatoms. The Morgan fingerprint density at radius 1 is 1.30 bits per heavy atom. The summed E-state index contributed by atoms with van der Waals surface area (Å²) in [5.74, 6) is -0.0534. The SMILES string of the molecule is Cc1ccc(/C(N)=N/O)c(Oc2ccc(C)c(F)c2)n1. The van der Waals surface area contributed by atoms with Gasteiger partial charge < -0.3 is 15.7 Å². The summed E-state index contributed by atoms with van der Waals surface area (Å²) in [6, 6.07) is 7.81. The molecule has 0 radical (unpaired) electrons. The van der Waals surface area contributed by atoms with Crippen molar-refractivity contribution in [3.63, 3.8) is 0 Å². The second kappa shape index (κ2) is 5.56. The Hall–Kier alpha value is -2.63. The van der Waals surface area contributed by atoms with Gasteiger partial charge in [-0.1, -0.05) is 11.2 Å². The van der Waals surface area contributed by atoms with Gasteiger partial charge in [-0.25, -0.2) is 9.37 Å². The molecule has 2 aromatic rings. The number of pyridine rings is 1. The summed E-state index contributed by atoms with van der Waals surface area (Å²) in [4.78, 5) is 4.17. The van der Waals surface area contributed by atoms with Crippen LogP contribution in [0.2, 0.25) is 0 Å². The average molecular weight is 275 g/mol. The Balaban J connectivity index is 2.41. The van der Waals surface area contributed by atoms with Crippen LogP contribution >= 0.6 is 0 Å². The molecular formula is C14H14FN3O2. The monoisotopic (exact) mass is 275 g/mol. The zero-order chi connectivity index (χ0) is 14.7. The van der Waals surface area contributed by atoms with Crippen molar-refractivity contribution in [2.24, 2.45) is 10.9 Å². The van der Waals surface area contributed by atoms with E-state index in [1.807, 2.05) is 0 Å². The van der Waals surface area contributed by atoms with E-state index in [1.54, 1.807) is 38.1 Å². The Kier molecular flexibility index (Phi) is 3.84. The van der Waals surface area contributed by atoms with Crippen LogP contribution in [0.3, 0.4) is 0 Å². The summed E-state index contributed by atoms with van der Waals surface area (Å²) in [7, 11) is 0. The molecule has 104 valence electrons. The highest BCUT2D eigenvalue weighted by Crippen LogP contribution is 2.25. The number of benzene rings is 1. The van der Waals surface area contributed by atoms with Crippen molar-refractivity contribution in [3.8, 4) is 11.6 Å². The molecule has 20 heavy (non-hydrogen) atoms. The molecule has 0 aliphatic rings.